The molecule has 82 valence electrons. The molecule has 0 bridgehead atoms. The summed E-state index contributed by atoms with van der Waals surface area (Å²) >= 11 is 8.31. The fourth-order valence-electron chi connectivity index (χ4n) is 1.44. The van der Waals surface area contributed by atoms with E-state index in [4.69, 9.17) is 11.6 Å². The van der Waals surface area contributed by atoms with Crippen molar-refractivity contribution in [2.24, 2.45) is 0 Å². The summed E-state index contributed by atoms with van der Waals surface area (Å²) in [4.78, 5) is 11.5. The molecule has 2 aromatic rings. The monoisotopic (exact) mass is 345 g/mol. The first-order valence-corrected chi connectivity index (χ1v) is 6.22. The molecule has 4 heteroatoms. The number of halogens is 2. The van der Waals surface area contributed by atoms with Gasteiger partial charge < -0.3 is 4.57 Å². The summed E-state index contributed by atoms with van der Waals surface area (Å²) in [6.45, 7) is 0.509. The molecule has 16 heavy (non-hydrogen) atoms. The minimum absolute atomic E-state index is 0.0163. The Labute approximate surface area is 112 Å². The number of rotatable bonds is 2. The molecule has 1 heterocycles. The van der Waals surface area contributed by atoms with Crippen molar-refractivity contribution in [1.82, 2.24) is 4.57 Å². The Balaban J connectivity index is 2.38. The Morgan fingerprint density at radius 3 is 2.81 bits per heavy atom. The summed E-state index contributed by atoms with van der Waals surface area (Å²) in [5, 5.41) is 0.691. The average Bonchev–Trinajstić information content (AvgIpc) is 2.27. The first kappa shape index (κ1) is 11.7. The molecule has 0 atom stereocenters. The van der Waals surface area contributed by atoms with Crippen molar-refractivity contribution in [1.29, 1.82) is 0 Å². The van der Waals surface area contributed by atoms with Gasteiger partial charge in [-0.05, 0) is 52.4 Å². The van der Waals surface area contributed by atoms with E-state index in [0.717, 1.165) is 9.13 Å². The van der Waals surface area contributed by atoms with E-state index in [1.54, 1.807) is 22.9 Å². The lowest BCUT2D eigenvalue weighted by Gasteiger charge is -2.07. The third-order valence-corrected chi connectivity index (χ3v) is 3.29. The summed E-state index contributed by atoms with van der Waals surface area (Å²) in [5.74, 6) is 0. The second-order valence-electron chi connectivity index (χ2n) is 3.40. The molecule has 0 aliphatic rings. The second-order valence-corrected chi connectivity index (χ2v) is 5.06. The van der Waals surface area contributed by atoms with Gasteiger partial charge in [-0.3, -0.25) is 4.79 Å². The zero-order chi connectivity index (χ0) is 11.5. The van der Waals surface area contributed by atoms with Gasteiger partial charge in [0, 0.05) is 20.9 Å². The molecule has 1 aromatic carbocycles. The molecule has 2 rings (SSSR count). The lowest BCUT2D eigenvalue weighted by molar-refractivity contribution is 0.759. The van der Waals surface area contributed by atoms with E-state index in [1.807, 2.05) is 24.3 Å². The van der Waals surface area contributed by atoms with Crippen molar-refractivity contribution >= 4 is 34.2 Å². The fraction of sp³-hybridized carbons (Fsp3) is 0.0833. The average molecular weight is 346 g/mol. The van der Waals surface area contributed by atoms with Gasteiger partial charge in [0.2, 0.25) is 0 Å². The highest BCUT2D eigenvalue weighted by Gasteiger charge is 2.02. The van der Waals surface area contributed by atoms with Crippen LogP contribution >= 0.6 is 34.2 Å². The molecule has 1 aromatic heterocycles. The summed E-state index contributed by atoms with van der Waals surface area (Å²) in [7, 11) is 0. The maximum atomic E-state index is 11.5. The van der Waals surface area contributed by atoms with Crippen LogP contribution in [0.1, 0.15) is 5.56 Å². The van der Waals surface area contributed by atoms with Crippen LogP contribution in [0.15, 0.2) is 47.4 Å². The van der Waals surface area contributed by atoms with Crippen LogP contribution in [-0.4, -0.2) is 4.57 Å². The van der Waals surface area contributed by atoms with Crippen LogP contribution in [0.2, 0.25) is 5.02 Å². The largest absolute Gasteiger partial charge is 0.311 e. The van der Waals surface area contributed by atoms with Gasteiger partial charge >= 0.3 is 0 Å². The molecule has 0 saturated heterocycles. The molecule has 0 unspecified atom stereocenters. The molecule has 0 fully saturated rings. The van der Waals surface area contributed by atoms with Crippen LogP contribution in [0.4, 0.5) is 0 Å². The Morgan fingerprint density at radius 2 is 2.06 bits per heavy atom. The van der Waals surface area contributed by atoms with Gasteiger partial charge in [-0.15, -0.1) is 0 Å². The van der Waals surface area contributed by atoms with Crippen molar-refractivity contribution in [3.8, 4) is 0 Å². The first-order valence-electron chi connectivity index (χ1n) is 4.76. The fourth-order valence-corrected chi connectivity index (χ4v) is 2.17. The smallest absolute Gasteiger partial charge is 0.250 e. The van der Waals surface area contributed by atoms with E-state index >= 15 is 0 Å². The van der Waals surface area contributed by atoms with Gasteiger partial charge in [0.05, 0.1) is 6.54 Å². The predicted molar refractivity (Wildman–Crippen MR) is 74.0 cm³/mol. The molecule has 0 spiro atoms. The second kappa shape index (κ2) is 5.01. The molecule has 0 aliphatic carbocycles. The summed E-state index contributed by atoms with van der Waals surface area (Å²) in [6, 6.07) is 10.9. The zero-order valence-corrected chi connectivity index (χ0v) is 11.3. The van der Waals surface area contributed by atoms with Crippen molar-refractivity contribution in [2.45, 2.75) is 6.54 Å². The van der Waals surface area contributed by atoms with E-state index in [9.17, 15) is 4.79 Å². The van der Waals surface area contributed by atoms with Crippen LogP contribution in [-0.2, 0) is 6.54 Å². The predicted octanol–water partition coefficient (Wildman–Crippen LogP) is 3.15. The highest BCUT2D eigenvalue weighted by molar-refractivity contribution is 14.1. The van der Waals surface area contributed by atoms with E-state index in [0.29, 0.717) is 11.6 Å². The van der Waals surface area contributed by atoms with Crippen molar-refractivity contribution < 1.29 is 0 Å². The normalized spacial score (nSPS) is 10.4. The minimum Gasteiger partial charge on any atom is -0.311 e. The van der Waals surface area contributed by atoms with E-state index < -0.39 is 0 Å². The molecule has 0 radical (unpaired) electrons. The summed E-state index contributed by atoms with van der Waals surface area (Å²) < 4.78 is 2.75. The maximum absolute atomic E-state index is 11.5. The topological polar surface area (TPSA) is 22.0 Å². The number of benzene rings is 1. The third-order valence-electron chi connectivity index (χ3n) is 2.25. The van der Waals surface area contributed by atoms with Gasteiger partial charge in [-0.25, -0.2) is 0 Å². The third kappa shape index (κ3) is 2.65. The number of nitrogens with zero attached hydrogens (tertiary/aromatic N) is 1. The van der Waals surface area contributed by atoms with Gasteiger partial charge in [0.1, 0.15) is 0 Å². The van der Waals surface area contributed by atoms with Gasteiger partial charge in [0.15, 0.2) is 0 Å². The highest BCUT2D eigenvalue weighted by Crippen LogP contribution is 2.19. The summed E-state index contributed by atoms with van der Waals surface area (Å²) in [5.41, 5.74) is 0.944. The van der Waals surface area contributed by atoms with Crippen LogP contribution in [0, 0.1) is 3.57 Å². The van der Waals surface area contributed by atoms with Crippen LogP contribution < -0.4 is 5.56 Å². The summed E-state index contributed by atoms with van der Waals surface area (Å²) in [6.07, 6.45) is 1.76. The Kier molecular flexibility index (Phi) is 3.66. The molecule has 0 saturated carbocycles. The van der Waals surface area contributed by atoms with Gasteiger partial charge in [-0.1, -0.05) is 17.7 Å². The van der Waals surface area contributed by atoms with E-state index in [2.05, 4.69) is 22.6 Å². The van der Waals surface area contributed by atoms with Gasteiger partial charge in [0.25, 0.3) is 5.56 Å². The van der Waals surface area contributed by atoms with Crippen molar-refractivity contribution in [2.75, 3.05) is 0 Å². The van der Waals surface area contributed by atoms with E-state index in [-0.39, 0.29) is 5.56 Å². The number of pyridine rings is 1. The quantitative estimate of drug-likeness (QED) is 0.767. The molecule has 0 amide bonds. The lowest BCUT2D eigenvalue weighted by atomic mass is 10.2. The van der Waals surface area contributed by atoms with Crippen LogP contribution in [0.3, 0.4) is 0 Å². The SMILES string of the molecule is O=c1ccccn1Cc1cc(I)ccc1Cl. The molecule has 0 aliphatic heterocycles. The molecule has 0 N–H and O–H groups in total. The van der Waals surface area contributed by atoms with Crippen molar-refractivity contribution in [3.05, 3.63) is 67.1 Å². The number of hydrogen-bond donors (Lipinski definition) is 0. The Hall–Kier alpha value is -0.810. The first-order chi connectivity index (χ1) is 7.66. The molecular formula is C12H9ClINO. The number of aromatic nitrogens is 1. The van der Waals surface area contributed by atoms with E-state index in [1.165, 1.54) is 0 Å². The number of hydrogen-bond acceptors (Lipinski definition) is 1. The minimum atomic E-state index is -0.0163. The molecular weight excluding hydrogens is 336 g/mol. The zero-order valence-electron chi connectivity index (χ0n) is 8.36. The molecule has 2 nitrogen and oxygen atoms in total. The lowest BCUT2D eigenvalue weighted by Crippen LogP contribution is -2.18. The van der Waals surface area contributed by atoms with Crippen molar-refractivity contribution in [3.63, 3.8) is 0 Å². The highest BCUT2D eigenvalue weighted by atomic mass is 127. The Bertz CT molecular complexity index is 565. The van der Waals surface area contributed by atoms with Crippen LogP contribution in [0.5, 0.6) is 0 Å². The van der Waals surface area contributed by atoms with Gasteiger partial charge in [-0.2, -0.15) is 0 Å². The standard InChI is InChI=1S/C12H9ClINO/c13-11-5-4-10(14)7-9(11)8-15-6-2-1-3-12(15)16/h1-7H,8H2. The maximum Gasteiger partial charge on any atom is 0.250 e. The van der Waals surface area contributed by atoms with Crippen LogP contribution in [0.25, 0.3) is 0 Å². The Morgan fingerprint density at radius 1 is 1.25 bits per heavy atom.